The van der Waals surface area contributed by atoms with Crippen LogP contribution in [0.4, 0.5) is 0 Å². The highest BCUT2D eigenvalue weighted by molar-refractivity contribution is 5.59. The maximum absolute atomic E-state index is 10.3. The molecule has 6 nitrogen and oxygen atoms in total. The fourth-order valence-corrected chi connectivity index (χ4v) is 4.18. The van der Waals surface area contributed by atoms with Crippen LogP contribution in [0.3, 0.4) is 0 Å². The van der Waals surface area contributed by atoms with Crippen LogP contribution in [0.25, 0.3) is 0 Å². The first-order valence-corrected chi connectivity index (χ1v) is 8.71. The zero-order chi connectivity index (χ0) is 21.1. The van der Waals surface area contributed by atoms with Crippen LogP contribution in [0, 0.1) is 67.5 Å². The van der Waals surface area contributed by atoms with E-state index in [2.05, 4.69) is 12.1 Å². The quantitative estimate of drug-likeness (QED) is 0.853. The number of allylic oxidation sites excluding steroid dienone is 2. The lowest BCUT2D eigenvalue weighted by Crippen LogP contribution is -2.50. The minimum absolute atomic E-state index is 0.102. The average Bonchev–Trinajstić information content (AvgIpc) is 2.79. The van der Waals surface area contributed by atoms with Crippen molar-refractivity contribution >= 4 is 0 Å². The summed E-state index contributed by atoms with van der Waals surface area (Å²) in [5.41, 5.74) is 3.01. The number of rotatable bonds is 2. The molecule has 136 valence electrons. The molecule has 0 aromatic heterocycles. The Labute approximate surface area is 168 Å². The summed E-state index contributed by atoms with van der Waals surface area (Å²) in [5.74, 6) is -2.19. The van der Waals surface area contributed by atoms with Gasteiger partial charge in [-0.3, -0.25) is 0 Å². The molecule has 2 aromatic rings. The van der Waals surface area contributed by atoms with E-state index in [-0.39, 0.29) is 11.3 Å². The van der Waals surface area contributed by atoms with Crippen LogP contribution in [0.2, 0.25) is 0 Å². The largest absolute Gasteiger partial charge is 0.399 e. The van der Waals surface area contributed by atoms with Crippen molar-refractivity contribution in [2.45, 2.75) is 11.8 Å². The molecule has 1 aliphatic rings. The number of benzene rings is 2. The van der Waals surface area contributed by atoms with Gasteiger partial charge < -0.3 is 5.73 Å². The molecule has 0 saturated carbocycles. The zero-order valence-corrected chi connectivity index (χ0v) is 15.2. The van der Waals surface area contributed by atoms with Crippen molar-refractivity contribution in [2.24, 2.45) is 16.6 Å². The van der Waals surface area contributed by atoms with Crippen LogP contribution < -0.4 is 5.73 Å². The molecule has 0 bridgehead atoms. The van der Waals surface area contributed by atoms with E-state index >= 15 is 0 Å². The predicted octanol–water partition coefficient (Wildman–Crippen LogP) is 3.37. The summed E-state index contributed by atoms with van der Waals surface area (Å²) in [6.07, 6.45) is 0. The van der Waals surface area contributed by atoms with Crippen molar-refractivity contribution in [1.29, 1.82) is 26.3 Å². The molecule has 0 unspecified atom stereocenters. The summed E-state index contributed by atoms with van der Waals surface area (Å²) >= 11 is 0. The summed E-state index contributed by atoms with van der Waals surface area (Å²) in [6, 6.07) is 27.1. The molecule has 0 fully saturated rings. The van der Waals surface area contributed by atoms with Gasteiger partial charge in [0.2, 0.25) is 0 Å². The van der Waals surface area contributed by atoms with E-state index in [4.69, 9.17) is 5.73 Å². The molecule has 0 spiro atoms. The van der Waals surface area contributed by atoms with Crippen molar-refractivity contribution in [1.82, 2.24) is 0 Å². The lowest BCUT2D eigenvalue weighted by molar-refractivity contribution is 0.256. The summed E-state index contributed by atoms with van der Waals surface area (Å²) in [4.78, 5) is 0. The van der Waals surface area contributed by atoms with Gasteiger partial charge in [0.05, 0.1) is 53.5 Å². The molecule has 0 radical (unpaired) electrons. The number of hydrogen-bond donors (Lipinski definition) is 1. The molecule has 1 aliphatic carbocycles. The van der Waals surface area contributed by atoms with Crippen LogP contribution in [-0.2, 0) is 0 Å². The van der Waals surface area contributed by atoms with Crippen molar-refractivity contribution in [3.8, 4) is 30.3 Å². The first-order chi connectivity index (χ1) is 14.1. The fraction of sp³-hybridized carbons (Fsp3) is 0.174. The number of nitrogens with two attached hydrogens (primary N) is 1. The number of hydrogen-bond acceptors (Lipinski definition) is 6. The van der Waals surface area contributed by atoms with Gasteiger partial charge in [-0.2, -0.15) is 26.3 Å². The third kappa shape index (κ3) is 2.51. The van der Waals surface area contributed by atoms with E-state index in [0.29, 0.717) is 11.1 Å². The highest BCUT2D eigenvalue weighted by Crippen LogP contribution is 2.62. The van der Waals surface area contributed by atoms with Gasteiger partial charge in [-0.05, 0) is 11.1 Å². The van der Waals surface area contributed by atoms with Crippen LogP contribution in [0.15, 0.2) is 71.9 Å². The number of nitrogens with zero attached hydrogens (tertiary/aromatic N) is 5. The van der Waals surface area contributed by atoms with Gasteiger partial charge in [0.15, 0.2) is 10.8 Å². The number of nitriles is 5. The maximum Gasteiger partial charge on any atom is 0.192 e. The lowest BCUT2D eigenvalue weighted by atomic mass is 9.49. The highest BCUT2D eigenvalue weighted by atomic mass is 14.7. The third-order valence-electron chi connectivity index (χ3n) is 5.46. The molecule has 0 heterocycles. The van der Waals surface area contributed by atoms with Gasteiger partial charge in [0, 0.05) is 0 Å². The molecular formula is C23H14N6. The smallest absolute Gasteiger partial charge is 0.192 e. The van der Waals surface area contributed by atoms with Crippen molar-refractivity contribution < 1.29 is 0 Å². The van der Waals surface area contributed by atoms with Crippen LogP contribution in [-0.4, -0.2) is 0 Å². The van der Waals surface area contributed by atoms with E-state index in [0.717, 1.165) is 0 Å². The van der Waals surface area contributed by atoms with Gasteiger partial charge in [-0.1, -0.05) is 60.7 Å². The second-order valence-electron chi connectivity index (χ2n) is 6.75. The average molecular weight is 374 g/mol. The lowest BCUT2D eigenvalue weighted by Gasteiger charge is -2.46. The summed E-state index contributed by atoms with van der Waals surface area (Å²) in [7, 11) is 0. The van der Waals surface area contributed by atoms with E-state index in [1.165, 1.54) is 0 Å². The van der Waals surface area contributed by atoms with Gasteiger partial charge in [-0.25, -0.2) is 0 Å². The van der Waals surface area contributed by atoms with Gasteiger partial charge in [0.25, 0.3) is 0 Å². The second-order valence-corrected chi connectivity index (χ2v) is 6.75. The molecule has 2 aromatic carbocycles. The second kappa shape index (κ2) is 7.21. The third-order valence-corrected chi connectivity index (χ3v) is 5.46. The molecule has 29 heavy (non-hydrogen) atoms. The molecule has 2 N–H and O–H groups in total. The topological polar surface area (TPSA) is 145 Å². The monoisotopic (exact) mass is 374 g/mol. The first kappa shape index (κ1) is 19.2. The molecular weight excluding hydrogens is 360 g/mol. The van der Waals surface area contributed by atoms with E-state index < -0.39 is 22.7 Å². The standard InChI is InChI=1S/C23H14N6/c24-11-18-19(16-7-3-1-4-8-16)22(12-25,13-26)20(17-9-5-2-6-10-17)23(14-27,15-28)21(18)29/h1-10,19-20H,29H2/t19-,20-/m1/s1. The summed E-state index contributed by atoms with van der Waals surface area (Å²) in [6.45, 7) is 0. The van der Waals surface area contributed by atoms with Crippen molar-refractivity contribution in [3.05, 3.63) is 83.1 Å². The molecule has 0 amide bonds. The fourth-order valence-electron chi connectivity index (χ4n) is 4.18. The molecule has 0 aliphatic heterocycles. The van der Waals surface area contributed by atoms with Gasteiger partial charge >= 0.3 is 0 Å². The minimum atomic E-state index is -2.04. The molecule has 3 rings (SSSR count). The first-order valence-electron chi connectivity index (χ1n) is 8.71. The van der Waals surface area contributed by atoms with Gasteiger partial charge in [0.1, 0.15) is 0 Å². The van der Waals surface area contributed by atoms with E-state index in [9.17, 15) is 26.3 Å². The SMILES string of the molecule is N#CC1=C(N)C(C#N)(C#N)[C@H](c2ccccc2)C(C#N)(C#N)[C@@H]1c1ccccc1. The minimum Gasteiger partial charge on any atom is -0.399 e. The Morgan fingerprint density at radius 1 is 0.690 bits per heavy atom. The summed E-state index contributed by atoms with van der Waals surface area (Å²) in [5, 5.41) is 50.4. The Kier molecular flexibility index (Phi) is 4.77. The summed E-state index contributed by atoms with van der Waals surface area (Å²) < 4.78 is 0. The molecule has 6 heteroatoms. The maximum atomic E-state index is 10.3. The Balaban J connectivity index is 2.54. The normalized spacial score (nSPS) is 21.5. The zero-order valence-electron chi connectivity index (χ0n) is 15.2. The van der Waals surface area contributed by atoms with Gasteiger partial charge in [-0.15, -0.1) is 0 Å². The Bertz CT molecular complexity index is 1150. The van der Waals surface area contributed by atoms with E-state index in [1.54, 1.807) is 60.7 Å². The van der Waals surface area contributed by atoms with Crippen LogP contribution >= 0.6 is 0 Å². The van der Waals surface area contributed by atoms with Crippen molar-refractivity contribution in [2.75, 3.05) is 0 Å². The Morgan fingerprint density at radius 3 is 1.59 bits per heavy atom. The molecule has 0 saturated heterocycles. The Hall–Kier alpha value is -4.57. The van der Waals surface area contributed by atoms with Crippen LogP contribution in [0.5, 0.6) is 0 Å². The van der Waals surface area contributed by atoms with E-state index in [1.807, 2.05) is 18.2 Å². The van der Waals surface area contributed by atoms with Crippen LogP contribution in [0.1, 0.15) is 23.0 Å². The Morgan fingerprint density at radius 2 is 1.17 bits per heavy atom. The highest BCUT2D eigenvalue weighted by Gasteiger charge is 2.64. The van der Waals surface area contributed by atoms with Crippen molar-refractivity contribution in [3.63, 3.8) is 0 Å². The molecule has 2 atom stereocenters. The predicted molar refractivity (Wildman–Crippen MR) is 103 cm³/mol.